The van der Waals surface area contributed by atoms with Crippen LogP contribution in [0.25, 0.3) is 5.95 Å². The van der Waals surface area contributed by atoms with Gasteiger partial charge in [0.05, 0.1) is 22.8 Å². The van der Waals surface area contributed by atoms with Gasteiger partial charge in [-0.15, -0.1) is 0 Å². The summed E-state index contributed by atoms with van der Waals surface area (Å²) in [7, 11) is 0. The monoisotopic (exact) mass is 231 g/mol. The van der Waals surface area contributed by atoms with Crippen molar-refractivity contribution in [2.45, 2.75) is 34.6 Å². The minimum atomic E-state index is 0.586. The molecule has 5 nitrogen and oxygen atoms in total. The summed E-state index contributed by atoms with van der Waals surface area (Å²) in [4.78, 5) is 8.77. The second-order valence-electron chi connectivity index (χ2n) is 4.32. The summed E-state index contributed by atoms with van der Waals surface area (Å²) < 4.78 is 1.77. The average molecular weight is 231 g/mol. The highest BCUT2D eigenvalue weighted by Gasteiger charge is 2.13. The van der Waals surface area contributed by atoms with Crippen LogP contribution in [0.15, 0.2) is 0 Å². The molecular formula is C12H17N5. The Morgan fingerprint density at radius 2 is 1.41 bits per heavy atom. The van der Waals surface area contributed by atoms with Gasteiger partial charge in [0.15, 0.2) is 0 Å². The Labute approximate surface area is 101 Å². The highest BCUT2D eigenvalue weighted by molar-refractivity contribution is 5.47. The van der Waals surface area contributed by atoms with Crippen molar-refractivity contribution in [3.8, 4) is 5.95 Å². The Balaban J connectivity index is 2.65. The fourth-order valence-corrected chi connectivity index (χ4v) is 1.72. The zero-order valence-corrected chi connectivity index (χ0v) is 10.9. The molecular weight excluding hydrogens is 214 g/mol. The first-order valence-corrected chi connectivity index (χ1v) is 5.55. The van der Waals surface area contributed by atoms with E-state index >= 15 is 0 Å². The van der Waals surface area contributed by atoms with Gasteiger partial charge in [-0.05, 0) is 40.2 Å². The molecule has 0 radical (unpaired) electrons. The quantitative estimate of drug-likeness (QED) is 0.812. The van der Waals surface area contributed by atoms with Gasteiger partial charge in [0, 0.05) is 5.69 Å². The summed E-state index contributed by atoms with van der Waals surface area (Å²) in [6.07, 6.45) is 0. The molecule has 0 saturated heterocycles. The van der Waals surface area contributed by atoms with Crippen molar-refractivity contribution < 1.29 is 0 Å². The number of hydrogen-bond acceptors (Lipinski definition) is 4. The van der Waals surface area contributed by atoms with E-state index in [4.69, 9.17) is 5.73 Å². The van der Waals surface area contributed by atoms with Gasteiger partial charge in [-0.2, -0.15) is 5.10 Å². The molecule has 90 valence electrons. The minimum absolute atomic E-state index is 0.586. The van der Waals surface area contributed by atoms with Crippen LogP contribution in [0.5, 0.6) is 0 Å². The second kappa shape index (κ2) is 3.84. The SMILES string of the molecule is Cc1nn(-c2nc(C)c(N)c(C)n2)c(C)c1C. The van der Waals surface area contributed by atoms with Crippen LogP contribution in [0.3, 0.4) is 0 Å². The number of aromatic nitrogens is 4. The molecule has 0 spiro atoms. The molecule has 0 fully saturated rings. The summed E-state index contributed by atoms with van der Waals surface area (Å²) in [5.41, 5.74) is 11.3. The van der Waals surface area contributed by atoms with Crippen molar-refractivity contribution >= 4 is 5.69 Å². The molecule has 0 saturated carbocycles. The minimum Gasteiger partial charge on any atom is -0.396 e. The lowest BCUT2D eigenvalue weighted by molar-refractivity contribution is 0.764. The highest BCUT2D eigenvalue weighted by Crippen LogP contribution is 2.17. The third kappa shape index (κ3) is 1.77. The predicted octanol–water partition coefficient (Wildman–Crippen LogP) is 1.79. The Hall–Kier alpha value is -1.91. The number of nitrogens with two attached hydrogens (primary N) is 1. The number of nitrogen functional groups attached to an aromatic ring is 1. The van der Waals surface area contributed by atoms with Crippen LogP contribution in [-0.4, -0.2) is 19.7 Å². The third-order valence-corrected chi connectivity index (χ3v) is 3.16. The smallest absolute Gasteiger partial charge is 0.251 e. The standard InChI is InChI=1S/C12H17N5/c1-6-7(2)16-17(10(6)5)12-14-8(3)11(13)9(4)15-12/h13H2,1-5H3. The number of rotatable bonds is 1. The van der Waals surface area contributed by atoms with Crippen LogP contribution in [0.1, 0.15) is 28.3 Å². The summed E-state index contributed by atoms with van der Waals surface area (Å²) >= 11 is 0. The maximum atomic E-state index is 5.85. The van der Waals surface area contributed by atoms with E-state index in [0.29, 0.717) is 11.6 Å². The second-order valence-corrected chi connectivity index (χ2v) is 4.32. The van der Waals surface area contributed by atoms with E-state index in [1.165, 1.54) is 5.56 Å². The van der Waals surface area contributed by atoms with Gasteiger partial charge in [-0.1, -0.05) is 0 Å². The molecule has 2 heterocycles. The first-order chi connectivity index (χ1) is 7.91. The van der Waals surface area contributed by atoms with Gasteiger partial charge in [0.1, 0.15) is 0 Å². The molecule has 2 rings (SSSR count). The lowest BCUT2D eigenvalue weighted by Gasteiger charge is -2.08. The first-order valence-electron chi connectivity index (χ1n) is 5.55. The fraction of sp³-hybridized carbons (Fsp3) is 0.417. The lowest BCUT2D eigenvalue weighted by atomic mass is 10.2. The van der Waals surface area contributed by atoms with E-state index in [1.807, 2.05) is 34.6 Å². The maximum Gasteiger partial charge on any atom is 0.251 e. The molecule has 0 unspecified atom stereocenters. The van der Waals surface area contributed by atoms with E-state index in [-0.39, 0.29) is 0 Å². The fourth-order valence-electron chi connectivity index (χ4n) is 1.72. The van der Waals surface area contributed by atoms with Crippen LogP contribution in [0.2, 0.25) is 0 Å². The Morgan fingerprint density at radius 1 is 0.882 bits per heavy atom. The molecule has 0 atom stereocenters. The third-order valence-electron chi connectivity index (χ3n) is 3.16. The maximum absolute atomic E-state index is 5.85. The van der Waals surface area contributed by atoms with Crippen LogP contribution in [0, 0.1) is 34.6 Å². The first kappa shape index (κ1) is 11.6. The number of aryl methyl sites for hydroxylation is 3. The molecule has 0 aliphatic rings. The summed E-state index contributed by atoms with van der Waals surface area (Å²) in [5.74, 6) is 0.586. The summed E-state index contributed by atoms with van der Waals surface area (Å²) in [5, 5.41) is 4.44. The Morgan fingerprint density at radius 3 is 1.82 bits per heavy atom. The van der Waals surface area contributed by atoms with Crippen molar-refractivity contribution in [3.63, 3.8) is 0 Å². The topological polar surface area (TPSA) is 69.6 Å². The number of anilines is 1. The molecule has 2 N–H and O–H groups in total. The van der Waals surface area contributed by atoms with Crippen molar-refractivity contribution in [3.05, 3.63) is 28.3 Å². The molecule has 2 aromatic heterocycles. The van der Waals surface area contributed by atoms with E-state index < -0.39 is 0 Å². The Bertz CT molecular complexity index is 560. The molecule has 17 heavy (non-hydrogen) atoms. The highest BCUT2D eigenvalue weighted by atomic mass is 15.4. The largest absolute Gasteiger partial charge is 0.396 e. The van der Waals surface area contributed by atoms with Gasteiger partial charge in [-0.3, -0.25) is 0 Å². The van der Waals surface area contributed by atoms with Crippen molar-refractivity contribution in [2.75, 3.05) is 5.73 Å². The number of nitrogens with zero attached hydrogens (tertiary/aromatic N) is 4. The van der Waals surface area contributed by atoms with Gasteiger partial charge >= 0.3 is 0 Å². The summed E-state index contributed by atoms with van der Waals surface area (Å²) in [6.45, 7) is 9.80. The molecule has 0 aliphatic carbocycles. The van der Waals surface area contributed by atoms with E-state index in [1.54, 1.807) is 4.68 Å². The van der Waals surface area contributed by atoms with Gasteiger partial charge < -0.3 is 5.73 Å². The normalized spacial score (nSPS) is 10.9. The summed E-state index contributed by atoms with van der Waals surface area (Å²) in [6, 6.07) is 0. The van der Waals surface area contributed by atoms with Gasteiger partial charge in [-0.25, -0.2) is 14.6 Å². The van der Waals surface area contributed by atoms with E-state index in [9.17, 15) is 0 Å². The molecule has 0 amide bonds. The lowest BCUT2D eigenvalue weighted by Crippen LogP contribution is -2.09. The van der Waals surface area contributed by atoms with E-state index in [2.05, 4.69) is 15.1 Å². The molecule has 0 bridgehead atoms. The number of hydrogen-bond donors (Lipinski definition) is 1. The molecule has 0 aliphatic heterocycles. The predicted molar refractivity (Wildman–Crippen MR) is 67.3 cm³/mol. The van der Waals surface area contributed by atoms with Crippen LogP contribution >= 0.6 is 0 Å². The van der Waals surface area contributed by atoms with Crippen LogP contribution in [0.4, 0.5) is 5.69 Å². The van der Waals surface area contributed by atoms with Crippen LogP contribution in [-0.2, 0) is 0 Å². The zero-order valence-electron chi connectivity index (χ0n) is 10.9. The zero-order chi connectivity index (χ0) is 12.7. The van der Waals surface area contributed by atoms with Crippen molar-refractivity contribution in [1.29, 1.82) is 0 Å². The molecule has 5 heteroatoms. The Kier molecular flexibility index (Phi) is 2.61. The van der Waals surface area contributed by atoms with Crippen LogP contribution < -0.4 is 5.73 Å². The van der Waals surface area contributed by atoms with Crippen molar-refractivity contribution in [2.24, 2.45) is 0 Å². The van der Waals surface area contributed by atoms with E-state index in [0.717, 1.165) is 22.8 Å². The molecule has 0 aromatic carbocycles. The van der Waals surface area contributed by atoms with Gasteiger partial charge in [0.2, 0.25) is 0 Å². The van der Waals surface area contributed by atoms with Crippen molar-refractivity contribution in [1.82, 2.24) is 19.7 Å². The van der Waals surface area contributed by atoms with Gasteiger partial charge in [0.25, 0.3) is 5.95 Å². The average Bonchev–Trinajstić information content (AvgIpc) is 2.53. The molecule has 2 aromatic rings.